The van der Waals surface area contributed by atoms with Crippen LogP contribution in [0.3, 0.4) is 0 Å². The van der Waals surface area contributed by atoms with Crippen LogP contribution in [0.5, 0.6) is 0 Å². The number of furan rings is 1. The van der Waals surface area contributed by atoms with Crippen molar-refractivity contribution in [3.05, 3.63) is 182 Å². The number of rotatable bonds is 5. The Morgan fingerprint density at radius 2 is 1.09 bits per heavy atom. The third-order valence-electron chi connectivity index (χ3n) is 11.1. The maximum atomic E-state index is 6.73. The van der Waals surface area contributed by atoms with Crippen LogP contribution in [0.25, 0.3) is 115 Å². The Labute approximate surface area is 330 Å². The summed E-state index contributed by atoms with van der Waals surface area (Å²) in [4.78, 5) is 15.8. The van der Waals surface area contributed by atoms with Crippen LogP contribution in [0.1, 0.15) is 0 Å². The van der Waals surface area contributed by atoms with Crippen molar-refractivity contribution >= 4 is 75.3 Å². The van der Waals surface area contributed by atoms with Crippen molar-refractivity contribution < 1.29 is 4.42 Å². The van der Waals surface area contributed by atoms with E-state index < -0.39 is 0 Å². The second-order valence-electron chi connectivity index (χ2n) is 14.4. The predicted molar refractivity (Wildman–Crippen MR) is 236 cm³/mol. The summed E-state index contributed by atoms with van der Waals surface area (Å²) in [6.07, 6.45) is 0. The third-order valence-corrected chi connectivity index (χ3v) is 12.2. The van der Waals surface area contributed by atoms with Gasteiger partial charge in [-0.2, -0.15) is 9.97 Å². The zero-order valence-corrected chi connectivity index (χ0v) is 31.2. The molecule has 0 radical (unpaired) electrons. The lowest BCUT2D eigenvalue weighted by atomic mass is 9.99. The van der Waals surface area contributed by atoms with Gasteiger partial charge in [0.25, 0.3) is 0 Å². The average molecular weight is 747 g/mol. The van der Waals surface area contributed by atoms with Gasteiger partial charge in [-0.05, 0) is 58.7 Å². The number of fused-ring (bicyclic) bond motifs is 10. The summed E-state index contributed by atoms with van der Waals surface area (Å²) in [5, 5.41) is 6.78. The van der Waals surface area contributed by atoms with Gasteiger partial charge in [0.2, 0.25) is 5.95 Å². The highest BCUT2D eigenvalue weighted by molar-refractivity contribution is 7.26. The monoisotopic (exact) mass is 746 g/mol. The van der Waals surface area contributed by atoms with E-state index in [1.807, 2.05) is 30.3 Å². The zero-order chi connectivity index (χ0) is 37.5. The largest absolute Gasteiger partial charge is 0.454 e. The molecule has 266 valence electrons. The topological polar surface area (TPSA) is 56.7 Å². The minimum Gasteiger partial charge on any atom is -0.454 e. The molecule has 0 bridgehead atoms. The molecule has 0 aliphatic heterocycles. The number of hydrogen-bond donors (Lipinski definition) is 0. The summed E-state index contributed by atoms with van der Waals surface area (Å²) in [6.45, 7) is 0. The van der Waals surface area contributed by atoms with E-state index in [9.17, 15) is 0 Å². The minimum absolute atomic E-state index is 0.530. The van der Waals surface area contributed by atoms with E-state index in [2.05, 4.69) is 156 Å². The third kappa shape index (κ3) is 5.04. The smallest absolute Gasteiger partial charge is 0.238 e. The average Bonchev–Trinajstić information content (AvgIpc) is 3.96. The molecule has 5 nitrogen and oxygen atoms in total. The van der Waals surface area contributed by atoms with Gasteiger partial charge >= 0.3 is 0 Å². The van der Waals surface area contributed by atoms with E-state index in [4.69, 9.17) is 19.4 Å². The normalized spacial score (nSPS) is 11.9. The number of benzene rings is 8. The van der Waals surface area contributed by atoms with Crippen LogP contribution in [-0.4, -0.2) is 19.5 Å². The molecule has 0 atom stereocenters. The Morgan fingerprint density at radius 3 is 1.89 bits per heavy atom. The fourth-order valence-corrected chi connectivity index (χ4v) is 9.60. The molecule has 12 aromatic rings. The summed E-state index contributed by atoms with van der Waals surface area (Å²) in [6, 6.07) is 63.8. The highest BCUT2D eigenvalue weighted by Gasteiger charge is 2.23. The Balaban J connectivity index is 1.13. The molecule has 0 amide bonds. The SMILES string of the molecule is c1ccc(-c2ccc3c(c2)c2ccc4c5ccccc5oc4c2n3-c2nc(-c3ccccc3)nc(-c3ccc4c(c3)sc3cccc(-c5ccccc5)c34)n2)cc1. The van der Waals surface area contributed by atoms with Gasteiger partial charge in [-0.1, -0.05) is 146 Å². The van der Waals surface area contributed by atoms with Crippen molar-refractivity contribution in [3.63, 3.8) is 0 Å². The van der Waals surface area contributed by atoms with E-state index in [-0.39, 0.29) is 0 Å². The molecule has 0 N–H and O–H groups in total. The molecule has 0 aliphatic rings. The molecule has 12 rings (SSSR count). The second kappa shape index (κ2) is 12.6. The molecular formula is C51H30N4OS. The molecule has 0 unspecified atom stereocenters. The van der Waals surface area contributed by atoms with Crippen molar-refractivity contribution in [1.82, 2.24) is 19.5 Å². The van der Waals surface area contributed by atoms with E-state index >= 15 is 0 Å². The van der Waals surface area contributed by atoms with Crippen molar-refractivity contribution in [3.8, 4) is 51.0 Å². The van der Waals surface area contributed by atoms with Crippen LogP contribution in [-0.2, 0) is 0 Å². The van der Waals surface area contributed by atoms with Gasteiger partial charge in [-0.15, -0.1) is 11.3 Å². The Morgan fingerprint density at radius 1 is 0.421 bits per heavy atom. The molecule has 57 heavy (non-hydrogen) atoms. The number of thiophene rings is 1. The fraction of sp³-hybridized carbons (Fsp3) is 0. The van der Waals surface area contributed by atoms with Gasteiger partial charge in [0.15, 0.2) is 17.2 Å². The van der Waals surface area contributed by atoms with Crippen LogP contribution >= 0.6 is 11.3 Å². The highest BCUT2D eigenvalue weighted by atomic mass is 32.1. The van der Waals surface area contributed by atoms with Crippen LogP contribution in [0.2, 0.25) is 0 Å². The van der Waals surface area contributed by atoms with Gasteiger partial charge in [0.1, 0.15) is 11.1 Å². The van der Waals surface area contributed by atoms with E-state index in [1.165, 1.54) is 31.3 Å². The second-order valence-corrected chi connectivity index (χ2v) is 15.5. The lowest BCUT2D eigenvalue weighted by Crippen LogP contribution is -2.06. The Kier molecular flexibility index (Phi) is 7.03. The fourth-order valence-electron chi connectivity index (χ4n) is 8.43. The van der Waals surface area contributed by atoms with Gasteiger partial charge in [0.05, 0.1) is 5.52 Å². The Bertz CT molecular complexity index is 3510. The molecule has 0 aliphatic carbocycles. The maximum Gasteiger partial charge on any atom is 0.238 e. The zero-order valence-electron chi connectivity index (χ0n) is 30.4. The van der Waals surface area contributed by atoms with E-state index in [0.29, 0.717) is 17.6 Å². The van der Waals surface area contributed by atoms with Gasteiger partial charge in [-0.25, -0.2) is 4.98 Å². The lowest BCUT2D eigenvalue weighted by Gasteiger charge is -2.11. The van der Waals surface area contributed by atoms with Crippen molar-refractivity contribution in [2.45, 2.75) is 0 Å². The molecule has 0 saturated heterocycles. The first-order valence-electron chi connectivity index (χ1n) is 19.0. The number of nitrogens with zero attached hydrogens (tertiary/aromatic N) is 4. The summed E-state index contributed by atoms with van der Waals surface area (Å²) in [5.41, 5.74) is 10.1. The number of hydrogen-bond acceptors (Lipinski definition) is 5. The van der Waals surface area contributed by atoms with Crippen LogP contribution in [0, 0.1) is 0 Å². The number of aromatic nitrogens is 4. The summed E-state index contributed by atoms with van der Waals surface area (Å²) >= 11 is 1.80. The summed E-state index contributed by atoms with van der Waals surface area (Å²) < 4.78 is 11.3. The number of para-hydroxylation sites is 1. The summed E-state index contributed by atoms with van der Waals surface area (Å²) in [5.74, 6) is 1.74. The molecule has 4 aromatic heterocycles. The van der Waals surface area contributed by atoms with E-state index in [0.717, 1.165) is 66.0 Å². The molecular weight excluding hydrogens is 717 g/mol. The summed E-state index contributed by atoms with van der Waals surface area (Å²) in [7, 11) is 0. The van der Waals surface area contributed by atoms with Gasteiger partial charge in [0, 0.05) is 52.8 Å². The van der Waals surface area contributed by atoms with Crippen molar-refractivity contribution in [2.24, 2.45) is 0 Å². The van der Waals surface area contributed by atoms with E-state index in [1.54, 1.807) is 11.3 Å². The van der Waals surface area contributed by atoms with Gasteiger partial charge in [-0.3, -0.25) is 4.57 Å². The standard InChI is InChI=1S/C51H30N4OS/c1-4-13-31(14-5-1)34-24-28-42-41(29-34)38-26-27-39-37-19-10-11-21-43(37)56-48(39)47(38)55(42)51-53-49(33-17-8-3-9-18-33)52-50(54-51)35-23-25-40-45(30-35)57-44-22-12-20-36(46(40)44)32-15-6-2-7-16-32/h1-30H. The van der Waals surface area contributed by atoms with Crippen LogP contribution < -0.4 is 0 Å². The van der Waals surface area contributed by atoms with Crippen LogP contribution in [0.15, 0.2) is 186 Å². The molecule has 4 heterocycles. The molecule has 0 saturated carbocycles. The first-order valence-corrected chi connectivity index (χ1v) is 19.8. The lowest BCUT2D eigenvalue weighted by molar-refractivity contribution is 0.670. The van der Waals surface area contributed by atoms with Crippen molar-refractivity contribution in [1.29, 1.82) is 0 Å². The predicted octanol–water partition coefficient (Wildman–Crippen LogP) is 13.9. The first kappa shape index (κ1) is 31.9. The molecule has 8 aromatic carbocycles. The van der Waals surface area contributed by atoms with Crippen LogP contribution in [0.4, 0.5) is 0 Å². The highest BCUT2D eigenvalue weighted by Crippen LogP contribution is 2.43. The molecule has 0 fully saturated rings. The van der Waals surface area contributed by atoms with Gasteiger partial charge < -0.3 is 4.42 Å². The Hall–Kier alpha value is -7.41. The molecule has 0 spiro atoms. The molecule has 6 heteroatoms. The minimum atomic E-state index is 0.530. The quantitative estimate of drug-likeness (QED) is 0.176. The first-order chi connectivity index (χ1) is 28.2. The van der Waals surface area contributed by atoms with Crippen molar-refractivity contribution in [2.75, 3.05) is 0 Å². The maximum absolute atomic E-state index is 6.73.